The van der Waals surface area contributed by atoms with E-state index in [0.717, 1.165) is 17.4 Å². The number of nitrogens with two attached hydrogens (primary N) is 1. The van der Waals surface area contributed by atoms with E-state index in [1.165, 1.54) is 11.2 Å². The Labute approximate surface area is 134 Å². The average Bonchev–Trinajstić information content (AvgIpc) is 2.96. The maximum atomic E-state index is 12.9. The van der Waals surface area contributed by atoms with Crippen molar-refractivity contribution in [3.05, 3.63) is 35.6 Å². The van der Waals surface area contributed by atoms with Gasteiger partial charge in [0.1, 0.15) is 17.9 Å². The summed E-state index contributed by atoms with van der Waals surface area (Å²) in [6.07, 6.45) is 1.90. The summed E-state index contributed by atoms with van der Waals surface area (Å²) < 4.78 is 10.9. The van der Waals surface area contributed by atoms with Crippen LogP contribution in [0.1, 0.15) is 29.8 Å². The molecule has 2 amide bonds. The second-order valence-electron chi connectivity index (χ2n) is 5.76. The Bertz CT molecular complexity index is 752. The van der Waals surface area contributed by atoms with E-state index in [1.807, 2.05) is 18.2 Å². The number of morpholine rings is 1. The molecular weight excluding hydrogens is 296 g/mol. The maximum absolute atomic E-state index is 12.9. The zero-order valence-corrected chi connectivity index (χ0v) is 13.2. The van der Waals surface area contributed by atoms with Crippen molar-refractivity contribution in [2.24, 2.45) is 5.73 Å². The topological polar surface area (TPSA) is 85.8 Å². The predicted octanol–water partition coefficient (Wildman–Crippen LogP) is 1.71. The van der Waals surface area contributed by atoms with Crippen LogP contribution >= 0.6 is 0 Å². The summed E-state index contributed by atoms with van der Waals surface area (Å²) in [6.45, 7) is 4.51. The van der Waals surface area contributed by atoms with Crippen molar-refractivity contribution < 1.29 is 18.7 Å². The standard InChI is InChI=1S/C17H20N2O4/c1-3-11-4-5-14-12(8-11)13(9-23-14)17(21)19-6-7-22-10(2)15(19)16(18)20/h4-5,8-10,15H,3,6-7H2,1-2H3,(H2,18,20)/t10-,15+/m1/s1. The number of ether oxygens (including phenoxy) is 1. The van der Waals surface area contributed by atoms with E-state index in [9.17, 15) is 9.59 Å². The number of hydrogen-bond acceptors (Lipinski definition) is 4. The van der Waals surface area contributed by atoms with Gasteiger partial charge in [0, 0.05) is 11.9 Å². The number of benzene rings is 1. The van der Waals surface area contributed by atoms with Gasteiger partial charge >= 0.3 is 0 Å². The number of nitrogens with zero attached hydrogens (tertiary/aromatic N) is 1. The minimum atomic E-state index is -0.768. The third-order valence-electron chi connectivity index (χ3n) is 4.32. The van der Waals surface area contributed by atoms with E-state index in [2.05, 4.69) is 6.92 Å². The molecule has 1 aromatic heterocycles. The summed E-state index contributed by atoms with van der Waals surface area (Å²) in [5, 5.41) is 0.761. The number of rotatable bonds is 3. The number of furan rings is 1. The molecular formula is C17H20N2O4. The van der Waals surface area contributed by atoms with Gasteiger partial charge in [0.25, 0.3) is 5.91 Å². The third kappa shape index (κ3) is 2.70. The summed E-state index contributed by atoms with van der Waals surface area (Å²) in [7, 11) is 0. The van der Waals surface area contributed by atoms with Gasteiger partial charge in [0.2, 0.25) is 5.91 Å². The van der Waals surface area contributed by atoms with Gasteiger partial charge in [-0.05, 0) is 31.0 Å². The highest BCUT2D eigenvalue weighted by Crippen LogP contribution is 2.26. The lowest BCUT2D eigenvalue weighted by atomic mass is 10.0. The number of hydrogen-bond donors (Lipinski definition) is 1. The third-order valence-corrected chi connectivity index (χ3v) is 4.32. The zero-order valence-electron chi connectivity index (χ0n) is 13.2. The molecule has 2 aromatic rings. The van der Waals surface area contributed by atoms with Crippen LogP contribution in [0, 0.1) is 0 Å². The number of fused-ring (bicyclic) bond motifs is 1. The summed E-state index contributed by atoms with van der Waals surface area (Å²) >= 11 is 0. The smallest absolute Gasteiger partial charge is 0.258 e. The number of carbonyl (C=O) groups is 2. The number of aryl methyl sites for hydroxylation is 1. The summed E-state index contributed by atoms with van der Waals surface area (Å²) in [4.78, 5) is 26.2. The number of primary amides is 1. The molecule has 2 N–H and O–H groups in total. The van der Waals surface area contributed by atoms with Crippen molar-refractivity contribution in [2.75, 3.05) is 13.2 Å². The minimum absolute atomic E-state index is 0.254. The lowest BCUT2D eigenvalue weighted by molar-refractivity contribution is -0.132. The molecule has 1 aliphatic heterocycles. The molecule has 6 nitrogen and oxygen atoms in total. The Kier molecular flexibility index (Phi) is 4.09. The Balaban J connectivity index is 2.00. The SMILES string of the molecule is CCc1ccc2occ(C(=O)N3CCO[C@H](C)[C@H]3C(N)=O)c2c1. The Morgan fingerprint density at radius 3 is 2.87 bits per heavy atom. The van der Waals surface area contributed by atoms with Crippen LogP contribution in [0.3, 0.4) is 0 Å². The Hall–Kier alpha value is -2.34. The first-order valence-corrected chi connectivity index (χ1v) is 7.75. The minimum Gasteiger partial charge on any atom is -0.463 e. The van der Waals surface area contributed by atoms with E-state index >= 15 is 0 Å². The first-order valence-electron chi connectivity index (χ1n) is 7.75. The lowest BCUT2D eigenvalue weighted by Gasteiger charge is -2.37. The largest absolute Gasteiger partial charge is 0.463 e. The number of amides is 2. The van der Waals surface area contributed by atoms with E-state index in [4.69, 9.17) is 14.9 Å². The van der Waals surface area contributed by atoms with Gasteiger partial charge < -0.3 is 19.8 Å². The molecule has 6 heteroatoms. The zero-order chi connectivity index (χ0) is 16.6. The molecule has 3 rings (SSSR count). The highest BCUT2D eigenvalue weighted by atomic mass is 16.5. The molecule has 1 fully saturated rings. The van der Waals surface area contributed by atoms with E-state index in [-0.39, 0.29) is 5.91 Å². The summed E-state index contributed by atoms with van der Waals surface area (Å²) in [6, 6.07) is 5.02. The number of carbonyl (C=O) groups excluding carboxylic acids is 2. The van der Waals surface area contributed by atoms with Crippen LogP contribution < -0.4 is 5.73 Å². The van der Waals surface area contributed by atoms with Crippen molar-refractivity contribution in [1.82, 2.24) is 4.90 Å². The van der Waals surface area contributed by atoms with Crippen molar-refractivity contribution in [1.29, 1.82) is 0 Å². The fourth-order valence-corrected chi connectivity index (χ4v) is 3.05. The van der Waals surface area contributed by atoms with Crippen LogP contribution in [0.25, 0.3) is 11.0 Å². The fourth-order valence-electron chi connectivity index (χ4n) is 3.05. The fraction of sp³-hybridized carbons (Fsp3) is 0.412. The second kappa shape index (κ2) is 6.04. The van der Waals surface area contributed by atoms with E-state index < -0.39 is 18.1 Å². The average molecular weight is 316 g/mol. The van der Waals surface area contributed by atoms with Gasteiger partial charge in [-0.1, -0.05) is 13.0 Å². The van der Waals surface area contributed by atoms with Crippen molar-refractivity contribution in [3.8, 4) is 0 Å². The van der Waals surface area contributed by atoms with Gasteiger partial charge in [-0.25, -0.2) is 0 Å². The normalized spacial score (nSPS) is 21.6. The predicted molar refractivity (Wildman–Crippen MR) is 85.0 cm³/mol. The van der Waals surface area contributed by atoms with Crippen molar-refractivity contribution in [3.63, 3.8) is 0 Å². The van der Waals surface area contributed by atoms with Gasteiger partial charge in [-0.2, -0.15) is 0 Å². The maximum Gasteiger partial charge on any atom is 0.258 e. The molecule has 2 heterocycles. The molecule has 1 aliphatic rings. The molecule has 2 atom stereocenters. The molecule has 1 saturated heterocycles. The van der Waals surface area contributed by atoms with Crippen LogP contribution in [0.4, 0.5) is 0 Å². The van der Waals surface area contributed by atoms with Gasteiger partial charge in [0.05, 0.1) is 18.3 Å². The molecule has 122 valence electrons. The summed E-state index contributed by atoms with van der Waals surface area (Å²) in [5.41, 5.74) is 7.69. The molecule has 0 saturated carbocycles. The lowest BCUT2D eigenvalue weighted by Crippen LogP contribution is -2.58. The van der Waals surface area contributed by atoms with E-state index in [1.54, 1.807) is 6.92 Å². The van der Waals surface area contributed by atoms with Crippen LogP contribution in [0.5, 0.6) is 0 Å². The van der Waals surface area contributed by atoms with Crippen LogP contribution in [0.15, 0.2) is 28.9 Å². The molecule has 23 heavy (non-hydrogen) atoms. The quantitative estimate of drug-likeness (QED) is 0.934. The first-order chi connectivity index (χ1) is 11.0. The van der Waals surface area contributed by atoms with Gasteiger partial charge in [-0.3, -0.25) is 9.59 Å². The van der Waals surface area contributed by atoms with Crippen LogP contribution in [-0.4, -0.2) is 42.0 Å². The molecule has 0 bridgehead atoms. The van der Waals surface area contributed by atoms with Crippen molar-refractivity contribution >= 4 is 22.8 Å². The molecule has 1 aromatic carbocycles. The Morgan fingerprint density at radius 1 is 1.39 bits per heavy atom. The van der Waals surface area contributed by atoms with Gasteiger partial charge in [-0.15, -0.1) is 0 Å². The van der Waals surface area contributed by atoms with Crippen LogP contribution in [-0.2, 0) is 16.0 Å². The molecule has 0 spiro atoms. The monoisotopic (exact) mass is 316 g/mol. The highest BCUT2D eigenvalue weighted by molar-refractivity contribution is 6.07. The summed E-state index contributed by atoms with van der Waals surface area (Å²) in [5.74, 6) is -0.816. The van der Waals surface area contributed by atoms with Crippen LogP contribution in [0.2, 0.25) is 0 Å². The highest BCUT2D eigenvalue weighted by Gasteiger charge is 2.37. The van der Waals surface area contributed by atoms with E-state index in [0.29, 0.717) is 24.3 Å². The van der Waals surface area contributed by atoms with Crippen molar-refractivity contribution in [2.45, 2.75) is 32.4 Å². The molecule has 0 aliphatic carbocycles. The first kappa shape index (κ1) is 15.6. The van der Waals surface area contributed by atoms with Gasteiger partial charge in [0.15, 0.2) is 0 Å². The molecule has 0 radical (unpaired) electrons. The molecule has 0 unspecified atom stereocenters. The second-order valence-corrected chi connectivity index (χ2v) is 5.76. The Morgan fingerprint density at radius 2 is 2.17 bits per heavy atom.